The molecule has 1 aliphatic rings. The van der Waals surface area contributed by atoms with Crippen molar-refractivity contribution in [2.24, 2.45) is 0 Å². The Hall–Kier alpha value is -4.09. The number of piperazine rings is 1. The minimum atomic E-state index is 0.0456. The van der Waals surface area contributed by atoms with Gasteiger partial charge in [-0.1, -0.05) is 84.9 Å². The molecule has 0 unspecified atom stereocenters. The van der Waals surface area contributed by atoms with Crippen molar-refractivity contribution < 1.29 is 14.3 Å². The van der Waals surface area contributed by atoms with E-state index in [1.54, 1.807) is 14.2 Å². The summed E-state index contributed by atoms with van der Waals surface area (Å²) >= 11 is 0. The van der Waals surface area contributed by atoms with Gasteiger partial charge in [0.1, 0.15) is 11.5 Å². The highest BCUT2D eigenvalue weighted by Crippen LogP contribution is 2.33. The predicted molar refractivity (Wildman–Crippen MR) is 155 cm³/mol. The van der Waals surface area contributed by atoms with Crippen LogP contribution in [-0.4, -0.2) is 56.1 Å². The number of rotatable bonds is 9. The van der Waals surface area contributed by atoms with Crippen LogP contribution in [0.1, 0.15) is 40.6 Å². The summed E-state index contributed by atoms with van der Waals surface area (Å²) in [6.45, 7) is 3.02. The molecule has 0 atom stereocenters. The molecule has 5 rings (SSSR count). The molecule has 1 aliphatic heterocycles. The molecule has 5 heteroatoms. The molecule has 0 N–H and O–H groups in total. The number of carbonyl (C=O) groups is 1. The largest absolute Gasteiger partial charge is 0.497 e. The van der Waals surface area contributed by atoms with Crippen LogP contribution in [0.2, 0.25) is 0 Å². The molecular weight excluding hydrogens is 484 g/mol. The van der Waals surface area contributed by atoms with E-state index >= 15 is 0 Å². The van der Waals surface area contributed by atoms with Crippen LogP contribution < -0.4 is 9.47 Å². The number of benzene rings is 4. The maximum Gasteiger partial charge on any atom is 0.223 e. The monoisotopic (exact) mass is 520 g/mol. The normalized spacial score (nSPS) is 14.0. The molecule has 4 aromatic rings. The molecule has 4 aromatic carbocycles. The van der Waals surface area contributed by atoms with E-state index in [1.807, 2.05) is 65.6 Å². The Morgan fingerprint density at radius 2 is 1.05 bits per heavy atom. The zero-order chi connectivity index (χ0) is 27.0. The molecule has 0 spiro atoms. The SMILES string of the molecule is COc1ccc(C(c2ccc(OC)cc2)N2CCN(C(=O)CC(c3ccccc3)c3ccccc3)CC2)cc1. The fraction of sp³-hybridized carbons (Fsp3) is 0.265. The Morgan fingerprint density at radius 3 is 1.46 bits per heavy atom. The average Bonchev–Trinajstić information content (AvgIpc) is 3.02. The topological polar surface area (TPSA) is 42.0 Å². The number of ether oxygens (including phenoxy) is 2. The molecule has 0 bridgehead atoms. The first-order valence-electron chi connectivity index (χ1n) is 13.6. The fourth-order valence-electron chi connectivity index (χ4n) is 5.52. The molecule has 0 radical (unpaired) electrons. The predicted octanol–water partition coefficient (Wildman–Crippen LogP) is 6.16. The van der Waals surface area contributed by atoms with Crippen LogP contribution in [0.15, 0.2) is 109 Å². The van der Waals surface area contributed by atoms with E-state index in [-0.39, 0.29) is 17.9 Å². The van der Waals surface area contributed by atoms with Gasteiger partial charge in [-0.25, -0.2) is 0 Å². The van der Waals surface area contributed by atoms with E-state index in [0.717, 1.165) is 24.6 Å². The summed E-state index contributed by atoms with van der Waals surface area (Å²) in [5, 5.41) is 0. The van der Waals surface area contributed by atoms with Crippen molar-refractivity contribution in [3.8, 4) is 11.5 Å². The van der Waals surface area contributed by atoms with Crippen molar-refractivity contribution in [1.29, 1.82) is 0 Å². The van der Waals surface area contributed by atoms with Crippen LogP contribution in [0.4, 0.5) is 0 Å². The number of hydrogen-bond donors (Lipinski definition) is 0. The zero-order valence-electron chi connectivity index (χ0n) is 22.7. The Kier molecular flexibility index (Phi) is 8.59. The van der Waals surface area contributed by atoms with Gasteiger partial charge in [0, 0.05) is 38.5 Å². The highest BCUT2D eigenvalue weighted by molar-refractivity contribution is 5.78. The van der Waals surface area contributed by atoms with Gasteiger partial charge in [-0.2, -0.15) is 0 Å². The molecule has 5 nitrogen and oxygen atoms in total. The molecule has 39 heavy (non-hydrogen) atoms. The van der Waals surface area contributed by atoms with Crippen molar-refractivity contribution in [2.75, 3.05) is 40.4 Å². The number of carbonyl (C=O) groups excluding carboxylic acids is 1. The van der Waals surface area contributed by atoms with Crippen LogP contribution >= 0.6 is 0 Å². The van der Waals surface area contributed by atoms with Crippen molar-refractivity contribution >= 4 is 5.91 Å². The molecule has 1 amide bonds. The van der Waals surface area contributed by atoms with Gasteiger partial charge in [0.15, 0.2) is 0 Å². The Morgan fingerprint density at radius 1 is 0.615 bits per heavy atom. The summed E-state index contributed by atoms with van der Waals surface area (Å²) in [7, 11) is 3.37. The van der Waals surface area contributed by atoms with Gasteiger partial charge >= 0.3 is 0 Å². The van der Waals surface area contributed by atoms with Gasteiger partial charge in [0.05, 0.1) is 20.3 Å². The van der Waals surface area contributed by atoms with Crippen molar-refractivity contribution in [3.63, 3.8) is 0 Å². The second-order valence-corrected chi connectivity index (χ2v) is 9.94. The van der Waals surface area contributed by atoms with Crippen LogP contribution in [-0.2, 0) is 4.79 Å². The summed E-state index contributed by atoms with van der Waals surface area (Å²) in [6.07, 6.45) is 0.467. The number of hydrogen-bond acceptors (Lipinski definition) is 4. The third-order valence-electron chi connectivity index (χ3n) is 7.68. The van der Waals surface area contributed by atoms with E-state index in [1.165, 1.54) is 22.3 Å². The first kappa shape index (κ1) is 26.5. The van der Waals surface area contributed by atoms with E-state index in [0.29, 0.717) is 19.5 Å². The fourth-order valence-corrected chi connectivity index (χ4v) is 5.52. The number of amides is 1. The summed E-state index contributed by atoms with van der Waals surface area (Å²) < 4.78 is 10.8. The minimum absolute atomic E-state index is 0.0456. The van der Waals surface area contributed by atoms with Crippen molar-refractivity contribution in [1.82, 2.24) is 9.80 Å². The Bertz CT molecular complexity index is 1230. The van der Waals surface area contributed by atoms with Gasteiger partial charge in [-0.15, -0.1) is 0 Å². The van der Waals surface area contributed by atoms with Crippen LogP contribution in [0, 0.1) is 0 Å². The van der Waals surface area contributed by atoms with Crippen LogP contribution in [0.25, 0.3) is 0 Å². The van der Waals surface area contributed by atoms with Gasteiger partial charge in [0.2, 0.25) is 5.91 Å². The van der Waals surface area contributed by atoms with E-state index in [9.17, 15) is 4.79 Å². The molecule has 0 saturated carbocycles. The molecule has 0 aliphatic carbocycles. The first-order chi connectivity index (χ1) is 19.2. The average molecular weight is 521 g/mol. The highest BCUT2D eigenvalue weighted by Gasteiger charge is 2.30. The van der Waals surface area contributed by atoms with Gasteiger partial charge in [-0.05, 0) is 46.5 Å². The van der Waals surface area contributed by atoms with Gasteiger partial charge < -0.3 is 14.4 Å². The number of methoxy groups -OCH3 is 2. The van der Waals surface area contributed by atoms with E-state index in [2.05, 4.69) is 53.4 Å². The molecular formula is C34H36N2O3. The zero-order valence-corrected chi connectivity index (χ0v) is 22.7. The lowest BCUT2D eigenvalue weighted by molar-refractivity contribution is -0.133. The smallest absolute Gasteiger partial charge is 0.223 e. The highest BCUT2D eigenvalue weighted by atomic mass is 16.5. The molecule has 1 heterocycles. The summed E-state index contributed by atoms with van der Waals surface area (Å²) in [6, 6.07) is 37.4. The lowest BCUT2D eigenvalue weighted by atomic mass is 9.88. The van der Waals surface area contributed by atoms with E-state index < -0.39 is 0 Å². The summed E-state index contributed by atoms with van der Waals surface area (Å²) in [5.74, 6) is 1.94. The summed E-state index contributed by atoms with van der Waals surface area (Å²) in [4.78, 5) is 18.1. The molecule has 200 valence electrons. The standard InChI is InChI=1S/C34H36N2O3/c1-38-30-17-13-28(14-18-30)34(29-15-19-31(39-2)20-16-29)36-23-21-35(22-24-36)33(37)25-32(26-9-5-3-6-10-26)27-11-7-4-8-12-27/h3-20,32,34H,21-25H2,1-2H3. The van der Waals surface area contributed by atoms with E-state index in [4.69, 9.17) is 9.47 Å². The lowest BCUT2D eigenvalue weighted by Crippen LogP contribution is -2.50. The van der Waals surface area contributed by atoms with Crippen molar-refractivity contribution in [3.05, 3.63) is 131 Å². The molecule has 0 aromatic heterocycles. The maximum absolute atomic E-state index is 13.6. The summed E-state index contributed by atoms with van der Waals surface area (Å²) in [5.41, 5.74) is 4.76. The second kappa shape index (κ2) is 12.6. The van der Waals surface area contributed by atoms with Gasteiger partial charge in [-0.3, -0.25) is 9.69 Å². The minimum Gasteiger partial charge on any atom is -0.497 e. The van der Waals surface area contributed by atoms with Crippen molar-refractivity contribution in [2.45, 2.75) is 18.4 Å². The quantitative estimate of drug-likeness (QED) is 0.265. The third kappa shape index (κ3) is 6.32. The lowest BCUT2D eigenvalue weighted by Gasteiger charge is -2.40. The first-order valence-corrected chi connectivity index (χ1v) is 13.6. The molecule has 1 fully saturated rings. The molecule has 1 saturated heterocycles. The Labute approximate surface area is 231 Å². The van der Waals surface area contributed by atoms with Crippen LogP contribution in [0.3, 0.4) is 0 Å². The second-order valence-electron chi connectivity index (χ2n) is 9.94. The van der Waals surface area contributed by atoms with Gasteiger partial charge in [0.25, 0.3) is 0 Å². The van der Waals surface area contributed by atoms with Crippen LogP contribution in [0.5, 0.6) is 11.5 Å². The number of nitrogens with zero attached hydrogens (tertiary/aromatic N) is 2. The maximum atomic E-state index is 13.6. The Balaban J connectivity index is 1.31. The third-order valence-corrected chi connectivity index (χ3v) is 7.68.